The van der Waals surface area contributed by atoms with Crippen molar-refractivity contribution in [2.24, 2.45) is 0 Å². The first-order valence-electron chi connectivity index (χ1n) is 4.64. The van der Waals surface area contributed by atoms with Crippen molar-refractivity contribution >= 4 is 0 Å². The summed E-state index contributed by atoms with van der Waals surface area (Å²) in [6.45, 7) is 0.837. The van der Waals surface area contributed by atoms with E-state index in [0.29, 0.717) is 0 Å². The average molecular weight is 173 g/mol. The highest BCUT2D eigenvalue weighted by atomic mass is 16.5. The van der Waals surface area contributed by atoms with Crippen molar-refractivity contribution in [3.8, 4) is 0 Å². The van der Waals surface area contributed by atoms with Crippen LogP contribution in [0, 0.1) is 0 Å². The second kappa shape index (κ2) is 2.52. The van der Waals surface area contributed by atoms with Gasteiger partial charge >= 0.3 is 0 Å². The average Bonchev–Trinajstić information content (AvgIpc) is 2.65. The van der Waals surface area contributed by atoms with Gasteiger partial charge in [-0.25, -0.2) is 0 Å². The fraction of sp³-hybridized carbons (Fsp3) is 0.273. The van der Waals surface area contributed by atoms with Crippen LogP contribution in [-0.4, -0.2) is 6.61 Å². The van der Waals surface area contributed by atoms with Gasteiger partial charge < -0.3 is 10.1 Å². The van der Waals surface area contributed by atoms with E-state index in [4.69, 9.17) is 4.74 Å². The van der Waals surface area contributed by atoms with Gasteiger partial charge in [-0.3, -0.25) is 0 Å². The zero-order chi connectivity index (χ0) is 8.67. The second-order valence-corrected chi connectivity index (χ2v) is 3.43. The lowest BCUT2D eigenvalue weighted by Gasteiger charge is -2.20. The van der Waals surface area contributed by atoms with Crippen LogP contribution in [0.2, 0.25) is 0 Å². The van der Waals surface area contributed by atoms with E-state index < -0.39 is 0 Å². The third kappa shape index (κ3) is 0.949. The largest absolute Gasteiger partial charge is 0.493 e. The molecule has 0 aromatic heterocycles. The molecule has 0 aromatic carbocycles. The molecule has 0 radical (unpaired) electrons. The SMILES string of the molecule is C1=CCC2=C3OCCC3=CNC2=C1. The second-order valence-electron chi connectivity index (χ2n) is 3.43. The van der Waals surface area contributed by atoms with Gasteiger partial charge in [0.05, 0.1) is 6.61 Å². The van der Waals surface area contributed by atoms with E-state index in [1.165, 1.54) is 16.8 Å². The number of ether oxygens (including phenoxy) is 1. The molecule has 2 nitrogen and oxygen atoms in total. The highest BCUT2D eigenvalue weighted by Crippen LogP contribution is 2.34. The first kappa shape index (κ1) is 7.01. The van der Waals surface area contributed by atoms with Crippen LogP contribution in [-0.2, 0) is 4.74 Å². The summed E-state index contributed by atoms with van der Waals surface area (Å²) in [7, 11) is 0. The van der Waals surface area contributed by atoms with Crippen LogP contribution in [0.15, 0.2) is 47.0 Å². The van der Waals surface area contributed by atoms with E-state index in [0.717, 1.165) is 25.2 Å². The van der Waals surface area contributed by atoms with Crippen molar-refractivity contribution < 1.29 is 4.74 Å². The molecular formula is C11H11NO. The van der Waals surface area contributed by atoms with Gasteiger partial charge in [0, 0.05) is 29.5 Å². The maximum atomic E-state index is 5.62. The van der Waals surface area contributed by atoms with Crippen molar-refractivity contribution in [3.63, 3.8) is 0 Å². The van der Waals surface area contributed by atoms with Crippen molar-refractivity contribution in [2.75, 3.05) is 6.61 Å². The van der Waals surface area contributed by atoms with E-state index in [1.54, 1.807) is 0 Å². The minimum absolute atomic E-state index is 0.837. The Kier molecular flexibility index (Phi) is 1.36. The highest BCUT2D eigenvalue weighted by molar-refractivity contribution is 5.50. The summed E-state index contributed by atoms with van der Waals surface area (Å²) in [6, 6.07) is 0. The molecule has 0 saturated carbocycles. The lowest BCUT2D eigenvalue weighted by atomic mass is 9.97. The van der Waals surface area contributed by atoms with Gasteiger partial charge in [0.2, 0.25) is 0 Å². The lowest BCUT2D eigenvalue weighted by molar-refractivity contribution is 0.261. The Morgan fingerprint density at radius 2 is 2.38 bits per heavy atom. The molecule has 66 valence electrons. The number of dihydropyridines is 1. The van der Waals surface area contributed by atoms with Crippen LogP contribution in [0.25, 0.3) is 0 Å². The predicted molar refractivity (Wildman–Crippen MR) is 50.7 cm³/mol. The fourth-order valence-electron chi connectivity index (χ4n) is 1.96. The first-order valence-corrected chi connectivity index (χ1v) is 4.64. The van der Waals surface area contributed by atoms with Crippen molar-refractivity contribution in [1.82, 2.24) is 5.32 Å². The van der Waals surface area contributed by atoms with Gasteiger partial charge in [0.1, 0.15) is 5.76 Å². The monoisotopic (exact) mass is 173 g/mol. The predicted octanol–water partition coefficient (Wildman–Crippen LogP) is 1.99. The molecule has 0 atom stereocenters. The van der Waals surface area contributed by atoms with Gasteiger partial charge in [-0.05, 0) is 12.5 Å². The Labute approximate surface area is 77.3 Å². The van der Waals surface area contributed by atoms with Gasteiger partial charge in [0.15, 0.2) is 0 Å². The van der Waals surface area contributed by atoms with E-state index >= 15 is 0 Å². The standard InChI is InChI=1S/C11H11NO/c1-2-4-10-9(3-1)11-8(7-12-10)5-6-13-11/h1-2,4,7,12H,3,5-6H2. The number of allylic oxidation sites excluding steroid dienone is 5. The van der Waals surface area contributed by atoms with E-state index in [1.807, 2.05) is 0 Å². The number of rotatable bonds is 0. The number of fused-ring (bicyclic) bond motifs is 2. The minimum atomic E-state index is 0.837. The summed E-state index contributed by atoms with van der Waals surface area (Å²) in [5, 5.41) is 3.30. The smallest absolute Gasteiger partial charge is 0.129 e. The quantitative estimate of drug-likeness (QED) is 0.605. The van der Waals surface area contributed by atoms with Crippen LogP contribution in [0.3, 0.4) is 0 Å². The first-order chi connectivity index (χ1) is 6.45. The molecule has 1 fully saturated rings. The highest BCUT2D eigenvalue weighted by Gasteiger charge is 2.25. The van der Waals surface area contributed by atoms with Crippen LogP contribution >= 0.6 is 0 Å². The van der Waals surface area contributed by atoms with Crippen LogP contribution in [0.1, 0.15) is 12.8 Å². The molecule has 0 spiro atoms. The molecule has 1 N–H and O–H groups in total. The normalized spacial score (nSPS) is 24.0. The fourth-order valence-corrected chi connectivity index (χ4v) is 1.96. The number of hydrogen-bond acceptors (Lipinski definition) is 2. The van der Waals surface area contributed by atoms with Crippen LogP contribution in [0.4, 0.5) is 0 Å². The molecule has 3 aliphatic rings. The maximum Gasteiger partial charge on any atom is 0.129 e. The van der Waals surface area contributed by atoms with E-state index in [-0.39, 0.29) is 0 Å². The van der Waals surface area contributed by atoms with E-state index in [2.05, 4.69) is 29.7 Å². The number of hydrogen-bond donors (Lipinski definition) is 1. The molecule has 2 aliphatic heterocycles. The summed E-state index contributed by atoms with van der Waals surface area (Å²) in [6.07, 6.45) is 10.4. The molecule has 0 amide bonds. The summed E-state index contributed by atoms with van der Waals surface area (Å²) in [5.74, 6) is 1.12. The summed E-state index contributed by atoms with van der Waals surface area (Å²) >= 11 is 0. The molecule has 13 heavy (non-hydrogen) atoms. The van der Waals surface area contributed by atoms with Gasteiger partial charge in [0.25, 0.3) is 0 Å². The Balaban J connectivity index is 2.13. The Morgan fingerprint density at radius 1 is 1.38 bits per heavy atom. The topological polar surface area (TPSA) is 21.3 Å². The Morgan fingerprint density at radius 3 is 3.38 bits per heavy atom. The molecule has 0 bridgehead atoms. The van der Waals surface area contributed by atoms with Crippen molar-refractivity contribution in [3.05, 3.63) is 47.0 Å². The van der Waals surface area contributed by atoms with Gasteiger partial charge in [-0.1, -0.05) is 12.2 Å². The van der Waals surface area contributed by atoms with Crippen molar-refractivity contribution in [1.29, 1.82) is 0 Å². The molecule has 2 heterocycles. The Bertz CT molecular complexity index is 372. The third-order valence-electron chi connectivity index (χ3n) is 2.63. The van der Waals surface area contributed by atoms with Crippen molar-refractivity contribution in [2.45, 2.75) is 12.8 Å². The number of nitrogens with one attached hydrogen (secondary N) is 1. The molecule has 1 aliphatic carbocycles. The molecule has 0 unspecified atom stereocenters. The Hall–Kier alpha value is -1.44. The van der Waals surface area contributed by atoms with Crippen LogP contribution < -0.4 is 5.32 Å². The molecular weight excluding hydrogens is 162 g/mol. The molecule has 3 rings (SSSR count). The molecule has 2 heteroatoms. The van der Waals surface area contributed by atoms with Gasteiger partial charge in [-0.15, -0.1) is 0 Å². The molecule has 0 aromatic rings. The molecule has 1 saturated heterocycles. The maximum absolute atomic E-state index is 5.62. The van der Waals surface area contributed by atoms with E-state index in [9.17, 15) is 0 Å². The van der Waals surface area contributed by atoms with Gasteiger partial charge in [-0.2, -0.15) is 0 Å². The minimum Gasteiger partial charge on any atom is -0.493 e. The third-order valence-corrected chi connectivity index (χ3v) is 2.63. The van der Waals surface area contributed by atoms with Crippen LogP contribution in [0.5, 0.6) is 0 Å². The summed E-state index contributed by atoms with van der Waals surface area (Å²) in [5.41, 5.74) is 3.84. The zero-order valence-corrected chi connectivity index (χ0v) is 7.34. The summed E-state index contributed by atoms with van der Waals surface area (Å²) in [4.78, 5) is 0. The summed E-state index contributed by atoms with van der Waals surface area (Å²) < 4.78 is 5.62. The zero-order valence-electron chi connectivity index (χ0n) is 7.34. The lowest BCUT2D eigenvalue weighted by Crippen LogP contribution is -2.16.